The normalized spacial score (nSPS) is 10.2. The van der Waals surface area contributed by atoms with E-state index in [0.29, 0.717) is 18.3 Å². The Morgan fingerprint density at radius 3 is 2.80 bits per heavy atom. The van der Waals surface area contributed by atoms with Gasteiger partial charge in [-0.1, -0.05) is 0 Å². The molecule has 0 fully saturated rings. The van der Waals surface area contributed by atoms with Crippen LogP contribution in [0.15, 0.2) is 22.7 Å². The number of methoxy groups -OCH3 is 1. The molecule has 8 heteroatoms. The Kier molecular flexibility index (Phi) is 4.97. The van der Waals surface area contributed by atoms with Crippen molar-refractivity contribution in [2.75, 3.05) is 19.0 Å². The van der Waals surface area contributed by atoms with Crippen molar-refractivity contribution in [3.63, 3.8) is 0 Å². The number of nitrogens with one attached hydrogen (secondary N) is 1. The number of aromatic nitrogens is 3. The Bertz CT molecular complexity index is 612. The van der Waals surface area contributed by atoms with Crippen LogP contribution in [-0.4, -0.2) is 28.7 Å². The number of hydrogen-bond donors (Lipinski definition) is 1. The lowest BCUT2D eigenvalue weighted by atomic mass is 10.3. The number of benzene rings is 1. The second-order valence-corrected chi connectivity index (χ2v) is 4.81. The quantitative estimate of drug-likeness (QED) is 0.882. The second-order valence-electron chi connectivity index (χ2n) is 3.61. The van der Waals surface area contributed by atoms with Crippen LogP contribution in [0.3, 0.4) is 0 Å². The molecule has 1 heterocycles. The van der Waals surface area contributed by atoms with Crippen molar-refractivity contribution in [2.45, 2.75) is 6.92 Å². The van der Waals surface area contributed by atoms with E-state index < -0.39 is 0 Å². The molecular formula is C12H12BrClN4O2. The smallest absolute Gasteiger partial charge is 0.322 e. The van der Waals surface area contributed by atoms with Gasteiger partial charge >= 0.3 is 6.01 Å². The van der Waals surface area contributed by atoms with Crippen LogP contribution in [0.25, 0.3) is 0 Å². The molecule has 20 heavy (non-hydrogen) atoms. The van der Waals surface area contributed by atoms with E-state index in [1.165, 1.54) is 0 Å². The minimum atomic E-state index is 0.0602. The summed E-state index contributed by atoms with van der Waals surface area (Å²) in [5.41, 5.74) is 0.745. The molecule has 0 saturated heterocycles. The summed E-state index contributed by atoms with van der Waals surface area (Å²) < 4.78 is 11.2. The highest BCUT2D eigenvalue weighted by molar-refractivity contribution is 9.10. The van der Waals surface area contributed by atoms with Gasteiger partial charge in [0, 0.05) is 10.5 Å². The third-order valence-electron chi connectivity index (χ3n) is 2.28. The summed E-state index contributed by atoms with van der Waals surface area (Å²) in [5.74, 6) is 1.00. The molecule has 0 bridgehead atoms. The molecule has 6 nitrogen and oxygen atoms in total. The van der Waals surface area contributed by atoms with Crippen LogP contribution >= 0.6 is 27.5 Å². The molecule has 0 aliphatic heterocycles. The van der Waals surface area contributed by atoms with Gasteiger partial charge in [0.1, 0.15) is 5.75 Å². The summed E-state index contributed by atoms with van der Waals surface area (Å²) in [7, 11) is 1.60. The van der Waals surface area contributed by atoms with Crippen LogP contribution in [0, 0.1) is 0 Å². The van der Waals surface area contributed by atoms with Crippen LogP contribution in [0.4, 0.5) is 11.6 Å². The molecule has 0 aliphatic rings. The van der Waals surface area contributed by atoms with Crippen molar-refractivity contribution in [2.24, 2.45) is 0 Å². The lowest BCUT2D eigenvalue weighted by Crippen LogP contribution is -2.04. The number of anilines is 2. The van der Waals surface area contributed by atoms with E-state index in [1.54, 1.807) is 7.11 Å². The molecule has 0 amide bonds. The van der Waals surface area contributed by atoms with Gasteiger partial charge in [0.05, 0.1) is 19.4 Å². The summed E-state index contributed by atoms with van der Waals surface area (Å²) in [6.45, 7) is 2.28. The molecule has 0 unspecified atom stereocenters. The van der Waals surface area contributed by atoms with Gasteiger partial charge in [-0.25, -0.2) is 0 Å². The van der Waals surface area contributed by atoms with Crippen LogP contribution in [0.1, 0.15) is 6.92 Å². The summed E-state index contributed by atoms with van der Waals surface area (Å²) in [6.07, 6.45) is 0. The lowest BCUT2D eigenvalue weighted by molar-refractivity contribution is 0.312. The van der Waals surface area contributed by atoms with Gasteiger partial charge in [-0.2, -0.15) is 15.0 Å². The first-order valence-electron chi connectivity index (χ1n) is 5.77. The van der Waals surface area contributed by atoms with Gasteiger partial charge in [0.2, 0.25) is 11.2 Å². The standard InChI is InChI=1S/C12H12BrClN4O2/c1-3-20-12-17-10(14)16-11(18-12)15-9-6-7(19-2)4-5-8(9)13/h4-6H,3H2,1-2H3,(H,15,16,17,18). The fourth-order valence-electron chi connectivity index (χ4n) is 1.43. The van der Waals surface area contributed by atoms with Crippen molar-refractivity contribution in [1.82, 2.24) is 15.0 Å². The Labute approximate surface area is 129 Å². The van der Waals surface area contributed by atoms with Crippen LogP contribution in [0.5, 0.6) is 11.8 Å². The second kappa shape index (κ2) is 6.71. The van der Waals surface area contributed by atoms with Gasteiger partial charge < -0.3 is 14.8 Å². The summed E-state index contributed by atoms with van der Waals surface area (Å²) in [4.78, 5) is 12.0. The fourth-order valence-corrected chi connectivity index (χ4v) is 1.93. The maximum Gasteiger partial charge on any atom is 0.322 e. The molecule has 0 atom stereocenters. The van der Waals surface area contributed by atoms with E-state index in [0.717, 1.165) is 10.2 Å². The number of halogens is 2. The largest absolute Gasteiger partial charge is 0.497 e. The minimum absolute atomic E-state index is 0.0602. The maximum atomic E-state index is 5.83. The van der Waals surface area contributed by atoms with E-state index in [2.05, 4.69) is 36.2 Å². The number of rotatable bonds is 5. The van der Waals surface area contributed by atoms with E-state index in [9.17, 15) is 0 Å². The van der Waals surface area contributed by atoms with Gasteiger partial charge in [0.25, 0.3) is 0 Å². The first-order chi connectivity index (χ1) is 9.62. The molecule has 0 spiro atoms. The number of ether oxygens (including phenoxy) is 2. The zero-order valence-corrected chi connectivity index (χ0v) is 13.2. The summed E-state index contributed by atoms with van der Waals surface area (Å²) >= 11 is 9.26. The monoisotopic (exact) mass is 358 g/mol. The predicted molar refractivity (Wildman–Crippen MR) is 80.0 cm³/mol. The highest BCUT2D eigenvalue weighted by Gasteiger charge is 2.08. The Morgan fingerprint density at radius 1 is 1.30 bits per heavy atom. The fraction of sp³-hybridized carbons (Fsp3) is 0.250. The zero-order chi connectivity index (χ0) is 14.5. The van der Waals surface area contributed by atoms with Gasteiger partial charge in [-0.05, 0) is 46.6 Å². The molecule has 1 aromatic carbocycles. The Hall–Kier alpha value is -1.60. The van der Waals surface area contributed by atoms with Crippen LogP contribution in [0.2, 0.25) is 5.28 Å². The van der Waals surface area contributed by atoms with Gasteiger partial charge in [-0.3, -0.25) is 0 Å². The predicted octanol–water partition coefficient (Wildman–Crippen LogP) is 3.44. The molecular weight excluding hydrogens is 348 g/mol. The summed E-state index contributed by atoms with van der Waals surface area (Å²) in [5, 5.41) is 3.09. The average Bonchev–Trinajstić information content (AvgIpc) is 2.41. The topological polar surface area (TPSA) is 69.2 Å². The first-order valence-corrected chi connectivity index (χ1v) is 6.94. The van der Waals surface area contributed by atoms with E-state index in [1.807, 2.05) is 25.1 Å². The van der Waals surface area contributed by atoms with Crippen LogP contribution in [-0.2, 0) is 0 Å². The first kappa shape index (κ1) is 14.8. The maximum absolute atomic E-state index is 5.83. The van der Waals surface area contributed by atoms with Crippen molar-refractivity contribution in [1.29, 1.82) is 0 Å². The van der Waals surface area contributed by atoms with Gasteiger partial charge in [-0.15, -0.1) is 0 Å². The lowest BCUT2D eigenvalue weighted by Gasteiger charge is -2.10. The SMILES string of the molecule is CCOc1nc(Cl)nc(Nc2cc(OC)ccc2Br)n1. The molecule has 0 radical (unpaired) electrons. The molecule has 2 rings (SSSR count). The van der Waals surface area contributed by atoms with Crippen LogP contribution < -0.4 is 14.8 Å². The Balaban J connectivity index is 2.29. The van der Waals surface area contributed by atoms with Gasteiger partial charge in [0.15, 0.2) is 0 Å². The third kappa shape index (κ3) is 3.71. The molecule has 1 aromatic heterocycles. The highest BCUT2D eigenvalue weighted by atomic mass is 79.9. The van der Waals surface area contributed by atoms with Crippen molar-refractivity contribution in [3.05, 3.63) is 28.0 Å². The molecule has 0 saturated carbocycles. The third-order valence-corrected chi connectivity index (χ3v) is 3.14. The van der Waals surface area contributed by atoms with Crippen molar-refractivity contribution in [3.8, 4) is 11.8 Å². The number of hydrogen-bond acceptors (Lipinski definition) is 6. The molecule has 2 aromatic rings. The van der Waals surface area contributed by atoms with E-state index in [4.69, 9.17) is 21.1 Å². The zero-order valence-electron chi connectivity index (χ0n) is 10.9. The van der Waals surface area contributed by atoms with E-state index in [-0.39, 0.29) is 11.3 Å². The van der Waals surface area contributed by atoms with E-state index >= 15 is 0 Å². The average molecular weight is 360 g/mol. The Morgan fingerprint density at radius 2 is 2.10 bits per heavy atom. The number of nitrogens with zero attached hydrogens (tertiary/aromatic N) is 3. The minimum Gasteiger partial charge on any atom is -0.497 e. The molecule has 106 valence electrons. The summed E-state index contributed by atoms with van der Waals surface area (Å²) in [6, 6.07) is 5.67. The molecule has 0 aliphatic carbocycles. The van der Waals surface area contributed by atoms with Crippen molar-refractivity contribution < 1.29 is 9.47 Å². The molecule has 1 N–H and O–H groups in total. The highest BCUT2D eigenvalue weighted by Crippen LogP contribution is 2.29. The van der Waals surface area contributed by atoms with Crippen molar-refractivity contribution >= 4 is 39.2 Å².